The molecule has 2 aliphatic rings. The van der Waals surface area contributed by atoms with Gasteiger partial charge in [-0.15, -0.1) is 0 Å². The van der Waals surface area contributed by atoms with Gasteiger partial charge in [0, 0.05) is 16.9 Å². The molecule has 0 aromatic heterocycles. The van der Waals surface area contributed by atoms with E-state index in [4.69, 9.17) is 4.74 Å². The summed E-state index contributed by atoms with van der Waals surface area (Å²) in [7, 11) is 1.40. The molecule has 6 heteroatoms. The summed E-state index contributed by atoms with van der Waals surface area (Å²) in [6.07, 6.45) is 10.6. The summed E-state index contributed by atoms with van der Waals surface area (Å²) in [4.78, 5) is 38.0. The van der Waals surface area contributed by atoms with Crippen molar-refractivity contribution in [2.24, 2.45) is 33.5 Å². The van der Waals surface area contributed by atoms with Gasteiger partial charge in [0.05, 0.1) is 12.7 Å². The summed E-state index contributed by atoms with van der Waals surface area (Å²) >= 11 is 0. The second-order valence-corrected chi connectivity index (χ2v) is 14.7. The highest BCUT2D eigenvalue weighted by molar-refractivity contribution is 6.02. The number of ether oxygens (including phenoxy) is 1. The molecule has 0 radical (unpaired) electrons. The molecular weight excluding hydrogens is 500 g/mol. The van der Waals surface area contributed by atoms with Crippen LogP contribution in [0.25, 0.3) is 0 Å². The Hall–Kier alpha value is -2.42. The first-order valence-corrected chi connectivity index (χ1v) is 15.1. The Morgan fingerprint density at radius 1 is 1.12 bits per heavy atom. The van der Waals surface area contributed by atoms with Crippen LogP contribution in [0.15, 0.2) is 23.3 Å². The SMILES string of the molecule is CCCC(C)(C)CC[C@@](C)(CCC(C)(C)[C@]1(C)CC[C@H]2[C@H](C)C(=O)C(C#N)=C[C@]2(C)/C1=C/C(C)=O)NC(=O)OC. The Balaban J connectivity index is 2.49. The first-order chi connectivity index (χ1) is 18.3. The third-order valence-corrected chi connectivity index (χ3v) is 10.8. The van der Waals surface area contributed by atoms with Crippen molar-refractivity contribution in [2.45, 2.75) is 126 Å². The maximum Gasteiger partial charge on any atom is 0.407 e. The van der Waals surface area contributed by atoms with Crippen molar-refractivity contribution < 1.29 is 19.1 Å². The number of methoxy groups -OCH3 is 1. The molecule has 1 amide bonds. The lowest BCUT2D eigenvalue weighted by molar-refractivity contribution is -0.123. The number of nitriles is 1. The molecule has 40 heavy (non-hydrogen) atoms. The fourth-order valence-electron chi connectivity index (χ4n) is 7.56. The number of amides is 1. The van der Waals surface area contributed by atoms with Gasteiger partial charge in [-0.3, -0.25) is 9.59 Å². The zero-order chi connectivity index (χ0) is 30.7. The van der Waals surface area contributed by atoms with Crippen LogP contribution in [-0.4, -0.2) is 30.3 Å². The smallest absolute Gasteiger partial charge is 0.407 e. The summed E-state index contributed by atoms with van der Waals surface area (Å²) in [5, 5.41) is 12.9. The molecule has 1 fully saturated rings. The maximum atomic E-state index is 12.9. The largest absolute Gasteiger partial charge is 0.453 e. The van der Waals surface area contributed by atoms with Crippen LogP contribution in [0, 0.1) is 44.8 Å². The molecule has 0 bridgehead atoms. The fraction of sp³-hybridized carbons (Fsp3) is 0.765. The van der Waals surface area contributed by atoms with Crippen LogP contribution in [0.5, 0.6) is 0 Å². The average Bonchev–Trinajstić information content (AvgIpc) is 2.86. The Labute approximate surface area is 243 Å². The molecule has 0 saturated heterocycles. The van der Waals surface area contributed by atoms with Crippen LogP contribution >= 0.6 is 0 Å². The number of carbonyl (C=O) groups excluding carboxylic acids is 3. The van der Waals surface area contributed by atoms with Gasteiger partial charge in [-0.05, 0) is 87.0 Å². The van der Waals surface area contributed by atoms with Gasteiger partial charge >= 0.3 is 6.09 Å². The van der Waals surface area contributed by atoms with Gasteiger partial charge in [-0.1, -0.05) is 73.5 Å². The Morgan fingerprint density at radius 3 is 2.25 bits per heavy atom. The predicted octanol–water partition coefficient (Wildman–Crippen LogP) is 8.12. The molecule has 0 aliphatic heterocycles. The zero-order valence-corrected chi connectivity index (χ0v) is 27.0. The summed E-state index contributed by atoms with van der Waals surface area (Å²) in [5.74, 6) is -0.346. The standard InChI is InChI=1S/C34H54N2O4/c1-12-14-30(4,5)16-18-32(8,36-29(39)40-11)19-17-31(6,7)34(10)15-13-26-24(3)28(38)25(22-35)21-33(26,9)27(34)20-23(2)37/h20-21,24,26H,12-19H2,1-11H3,(H,36,39)/b27-20-/t24-,26-,32-,33-,34+/m0/s1. The van der Waals surface area contributed by atoms with E-state index in [-0.39, 0.29) is 45.2 Å². The third-order valence-electron chi connectivity index (χ3n) is 10.8. The van der Waals surface area contributed by atoms with Crippen LogP contribution in [0.4, 0.5) is 4.79 Å². The van der Waals surface area contributed by atoms with Crippen LogP contribution in [0.1, 0.15) is 121 Å². The number of hydrogen-bond acceptors (Lipinski definition) is 5. The summed E-state index contributed by atoms with van der Waals surface area (Å²) in [6, 6.07) is 2.13. The first-order valence-electron chi connectivity index (χ1n) is 15.1. The molecule has 1 saturated carbocycles. The van der Waals surface area contributed by atoms with E-state index in [0.717, 1.165) is 56.9 Å². The number of hydrogen-bond donors (Lipinski definition) is 1. The molecule has 1 N–H and O–H groups in total. The van der Waals surface area contributed by atoms with Gasteiger partial charge in [0.2, 0.25) is 0 Å². The molecule has 0 unspecified atom stereocenters. The second-order valence-electron chi connectivity index (χ2n) is 14.7. The maximum absolute atomic E-state index is 12.9. The minimum Gasteiger partial charge on any atom is -0.453 e. The van der Waals surface area contributed by atoms with E-state index >= 15 is 0 Å². The molecule has 0 aromatic carbocycles. The van der Waals surface area contributed by atoms with Crippen molar-refractivity contribution in [1.82, 2.24) is 5.32 Å². The lowest BCUT2D eigenvalue weighted by Gasteiger charge is -2.59. The number of fused-ring (bicyclic) bond motifs is 1. The number of nitrogens with zero attached hydrogens (tertiary/aromatic N) is 1. The highest BCUT2D eigenvalue weighted by Gasteiger charge is 2.58. The number of alkyl carbamates (subject to hydrolysis) is 1. The molecule has 6 nitrogen and oxygen atoms in total. The molecule has 5 atom stereocenters. The number of carbonyl (C=O) groups is 3. The number of rotatable bonds is 11. The average molecular weight is 555 g/mol. The number of allylic oxidation sites excluding steroid dienone is 4. The van der Waals surface area contributed by atoms with E-state index in [1.165, 1.54) is 7.11 Å². The Morgan fingerprint density at radius 2 is 1.73 bits per heavy atom. The van der Waals surface area contributed by atoms with Crippen molar-refractivity contribution in [3.63, 3.8) is 0 Å². The van der Waals surface area contributed by atoms with Gasteiger partial charge in [0.25, 0.3) is 0 Å². The molecule has 0 spiro atoms. The van der Waals surface area contributed by atoms with Gasteiger partial charge in [0.15, 0.2) is 11.6 Å². The second kappa shape index (κ2) is 12.2. The quantitative estimate of drug-likeness (QED) is 0.260. The van der Waals surface area contributed by atoms with E-state index in [9.17, 15) is 19.6 Å². The van der Waals surface area contributed by atoms with E-state index in [2.05, 4.69) is 66.8 Å². The molecular formula is C34H54N2O4. The summed E-state index contributed by atoms with van der Waals surface area (Å²) < 4.78 is 5.01. The normalized spacial score (nSPS) is 29.6. The summed E-state index contributed by atoms with van der Waals surface area (Å²) in [6.45, 7) is 21.3. The van der Waals surface area contributed by atoms with Crippen molar-refractivity contribution in [3.05, 3.63) is 23.3 Å². The van der Waals surface area contributed by atoms with Crippen molar-refractivity contribution in [2.75, 3.05) is 7.11 Å². The monoisotopic (exact) mass is 554 g/mol. The van der Waals surface area contributed by atoms with E-state index in [1.807, 2.05) is 13.0 Å². The zero-order valence-electron chi connectivity index (χ0n) is 27.0. The van der Waals surface area contributed by atoms with E-state index in [1.54, 1.807) is 13.0 Å². The molecule has 2 aliphatic carbocycles. The van der Waals surface area contributed by atoms with Crippen molar-refractivity contribution in [3.8, 4) is 6.07 Å². The topological polar surface area (TPSA) is 96.3 Å². The van der Waals surface area contributed by atoms with Crippen molar-refractivity contribution >= 4 is 17.7 Å². The van der Waals surface area contributed by atoms with E-state index < -0.39 is 17.0 Å². The Kier molecular flexibility index (Phi) is 10.3. The van der Waals surface area contributed by atoms with Crippen LogP contribution in [0.2, 0.25) is 0 Å². The molecule has 2 rings (SSSR count). The van der Waals surface area contributed by atoms with Gasteiger partial charge in [-0.25, -0.2) is 4.79 Å². The highest BCUT2D eigenvalue weighted by Crippen LogP contribution is 2.65. The predicted molar refractivity (Wildman–Crippen MR) is 160 cm³/mol. The van der Waals surface area contributed by atoms with Gasteiger partial charge < -0.3 is 10.1 Å². The number of ketones is 2. The summed E-state index contributed by atoms with van der Waals surface area (Å²) in [5.41, 5.74) is -0.206. The van der Waals surface area contributed by atoms with Crippen molar-refractivity contribution in [1.29, 1.82) is 5.26 Å². The lowest BCUT2D eigenvalue weighted by Crippen LogP contribution is -2.53. The highest BCUT2D eigenvalue weighted by atomic mass is 16.5. The molecule has 0 aromatic rings. The first kappa shape index (κ1) is 33.8. The van der Waals surface area contributed by atoms with Crippen LogP contribution in [-0.2, 0) is 14.3 Å². The number of Topliss-reactive ketones (excluding diaryl/α,β-unsaturated/α-hetero) is 1. The molecule has 0 heterocycles. The number of nitrogens with one attached hydrogen (secondary N) is 1. The van der Waals surface area contributed by atoms with Crippen LogP contribution in [0.3, 0.4) is 0 Å². The Bertz CT molecular complexity index is 1090. The van der Waals surface area contributed by atoms with Gasteiger partial charge in [-0.2, -0.15) is 5.26 Å². The molecule has 224 valence electrons. The van der Waals surface area contributed by atoms with Gasteiger partial charge in [0.1, 0.15) is 6.07 Å². The van der Waals surface area contributed by atoms with E-state index in [0.29, 0.717) is 0 Å². The minimum absolute atomic E-state index is 0.0225. The minimum atomic E-state index is -0.563. The van der Waals surface area contributed by atoms with Crippen LogP contribution < -0.4 is 5.32 Å². The lowest BCUT2D eigenvalue weighted by atomic mass is 9.44. The third kappa shape index (κ3) is 6.89. The fourth-order valence-corrected chi connectivity index (χ4v) is 7.56.